The SMILES string of the molecule is CC(C)(C)c1ccc(OS(=O)(=O)Cl)cc1. The van der Waals surface area contributed by atoms with Gasteiger partial charge in [0.15, 0.2) is 0 Å². The van der Waals surface area contributed by atoms with E-state index in [4.69, 9.17) is 10.7 Å². The molecule has 3 nitrogen and oxygen atoms in total. The zero-order chi connectivity index (χ0) is 11.7. The maximum atomic E-state index is 10.6. The summed E-state index contributed by atoms with van der Waals surface area (Å²) in [5, 5.41) is 0. The second-order valence-corrected chi connectivity index (χ2v) is 6.34. The minimum absolute atomic E-state index is 0.0262. The molecule has 0 spiro atoms. The number of halogens is 1. The molecular weight excluding hydrogens is 236 g/mol. The highest BCUT2D eigenvalue weighted by atomic mass is 35.7. The molecule has 0 aliphatic heterocycles. The van der Waals surface area contributed by atoms with Gasteiger partial charge in [0.2, 0.25) is 0 Å². The third-order valence-corrected chi connectivity index (χ3v) is 2.50. The van der Waals surface area contributed by atoms with Gasteiger partial charge in [-0.3, -0.25) is 0 Å². The summed E-state index contributed by atoms with van der Waals surface area (Å²) >= 11 is 0. The van der Waals surface area contributed by atoms with Crippen LogP contribution in [0.1, 0.15) is 26.3 Å². The second kappa shape index (κ2) is 4.02. The molecule has 5 heteroatoms. The van der Waals surface area contributed by atoms with E-state index >= 15 is 0 Å². The van der Waals surface area contributed by atoms with Gasteiger partial charge in [-0.1, -0.05) is 32.9 Å². The molecule has 0 aliphatic rings. The zero-order valence-electron chi connectivity index (χ0n) is 8.82. The van der Waals surface area contributed by atoms with Gasteiger partial charge in [0.1, 0.15) is 5.75 Å². The number of benzene rings is 1. The van der Waals surface area contributed by atoms with Crippen molar-refractivity contribution in [3.05, 3.63) is 29.8 Å². The zero-order valence-corrected chi connectivity index (χ0v) is 10.4. The molecule has 0 saturated heterocycles. The maximum absolute atomic E-state index is 10.6. The highest BCUT2D eigenvalue weighted by Crippen LogP contribution is 2.25. The quantitative estimate of drug-likeness (QED) is 0.756. The van der Waals surface area contributed by atoms with Crippen molar-refractivity contribution >= 4 is 20.0 Å². The monoisotopic (exact) mass is 248 g/mol. The third-order valence-electron chi connectivity index (χ3n) is 1.92. The normalized spacial score (nSPS) is 12.5. The van der Waals surface area contributed by atoms with Crippen LogP contribution in [0.2, 0.25) is 0 Å². The Morgan fingerprint density at radius 3 is 1.93 bits per heavy atom. The average molecular weight is 249 g/mol. The van der Waals surface area contributed by atoms with Crippen molar-refractivity contribution < 1.29 is 12.6 Å². The van der Waals surface area contributed by atoms with Crippen LogP contribution in [0.3, 0.4) is 0 Å². The molecule has 0 amide bonds. The van der Waals surface area contributed by atoms with E-state index in [0.717, 1.165) is 5.56 Å². The Hall–Kier alpha value is -0.740. The van der Waals surface area contributed by atoms with E-state index in [1.54, 1.807) is 12.1 Å². The van der Waals surface area contributed by atoms with E-state index in [1.807, 2.05) is 12.1 Å². The fraction of sp³-hybridized carbons (Fsp3) is 0.400. The summed E-state index contributed by atoms with van der Waals surface area (Å²) in [5.74, 6) is 0.220. The van der Waals surface area contributed by atoms with Crippen LogP contribution in [-0.4, -0.2) is 8.42 Å². The first-order valence-electron chi connectivity index (χ1n) is 4.43. The van der Waals surface area contributed by atoms with Crippen LogP contribution in [0.15, 0.2) is 24.3 Å². The summed E-state index contributed by atoms with van der Waals surface area (Å²) in [4.78, 5) is 0. The third kappa shape index (κ3) is 4.10. The van der Waals surface area contributed by atoms with Gasteiger partial charge in [0, 0.05) is 0 Å². The van der Waals surface area contributed by atoms with Crippen LogP contribution in [0, 0.1) is 0 Å². The molecule has 0 saturated carbocycles. The first-order valence-corrected chi connectivity index (χ1v) is 6.66. The molecule has 0 heterocycles. The Morgan fingerprint density at radius 1 is 1.13 bits per heavy atom. The van der Waals surface area contributed by atoms with Crippen LogP contribution < -0.4 is 4.18 Å². The Bertz CT molecular complexity index is 429. The van der Waals surface area contributed by atoms with E-state index < -0.39 is 9.33 Å². The van der Waals surface area contributed by atoms with E-state index in [0.29, 0.717) is 0 Å². The Labute approximate surface area is 94.6 Å². The van der Waals surface area contributed by atoms with Crippen molar-refractivity contribution in [1.29, 1.82) is 0 Å². The lowest BCUT2D eigenvalue weighted by molar-refractivity contribution is 0.503. The highest BCUT2D eigenvalue weighted by Gasteiger charge is 2.14. The molecule has 1 aromatic carbocycles. The molecule has 1 rings (SSSR count). The summed E-state index contributed by atoms with van der Waals surface area (Å²) in [5.41, 5.74) is 1.13. The van der Waals surface area contributed by atoms with Crippen LogP contribution >= 0.6 is 10.7 Å². The largest absolute Gasteiger partial charge is 0.401 e. The van der Waals surface area contributed by atoms with Gasteiger partial charge in [-0.05, 0) is 23.1 Å². The van der Waals surface area contributed by atoms with Gasteiger partial charge < -0.3 is 4.18 Å². The van der Waals surface area contributed by atoms with Gasteiger partial charge in [-0.15, -0.1) is 0 Å². The van der Waals surface area contributed by atoms with Crippen LogP contribution in [0.4, 0.5) is 0 Å². The Kier molecular flexibility index (Phi) is 3.31. The van der Waals surface area contributed by atoms with Crippen LogP contribution in [-0.2, 0) is 14.7 Å². The van der Waals surface area contributed by atoms with Gasteiger partial charge in [0.05, 0.1) is 10.7 Å². The summed E-state index contributed by atoms with van der Waals surface area (Å²) in [6, 6.07) is 6.80. The van der Waals surface area contributed by atoms with Gasteiger partial charge in [-0.2, -0.15) is 8.42 Å². The van der Waals surface area contributed by atoms with Gasteiger partial charge in [-0.25, -0.2) is 0 Å². The second-order valence-electron chi connectivity index (χ2n) is 4.25. The van der Waals surface area contributed by atoms with E-state index in [1.165, 1.54) is 0 Å². The first-order chi connectivity index (χ1) is 6.68. The van der Waals surface area contributed by atoms with Crippen molar-refractivity contribution in [3.8, 4) is 5.75 Å². The smallest absolute Gasteiger partial charge is 0.371 e. The van der Waals surface area contributed by atoms with Crippen molar-refractivity contribution in [2.75, 3.05) is 0 Å². The highest BCUT2D eigenvalue weighted by molar-refractivity contribution is 8.10. The predicted octanol–water partition coefficient (Wildman–Crippen LogP) is 2.85. The molecule has 0 N–H and O–H groups in total. The molecule has 1 aromatic rings. The topological polar surface area (TPSA) is 43.4 Å². The van der Waals surface area contributed by atoms with Crippen molar-refractivity contribution in [1.82, 2.24) is 0 Å². The minimum Gasteiger partial charge on any atom is -0.371 e. The average Bonchev–Trinajstić information content (AvgIpc) is 2.00. The fourth-order valence-electron chi connectivity index (χ4n) is 1.13. The summed E-state index contributed by atoms with van der Waals surface area (Å²) < 4.78 is 25.8. The molecule has 0 atom stereocenters. The minimum atomic E-state index is -3.95. The molecule has 0 bridgehead atoms. The van der Waals surface area contributed by atoms with Gasteiger partial charge in [0.25, 0.3) is 0 Å². The first kappa shape index (κ1) is 12.3. The molecule has 0 aromatic heterocycles. The molecule has 15 heavy (non-hydrogen) atoms. The number of hydrogen-bond donors (Lipinski definition) is 0. The molecule has 0 radical (unpaired) electrons. The van der Waals surface area contributed by atoms with Crippen molar-refractivity contribution in [2.24, 2.45) is 0 Å². The molecule has 0 unspecified atom stereocenters. The van der Waals surface area contributed by atoms with Crippen LogP contribution in [0.5, 0.6) is 5.75 Å². The lowest BCUT2D eigenvalue weighted by Gasteiger charge is -2.18. The Morgan fingerprint density at radius 2 is 1.60 bits per heavy atom. The van der Waals surface area contributed by atoms with E-state index in [-0.39, 0.29) is 11.2 Å². The fourth-order valence-corrected chi connectivity index (χ4v) is 1.68. The standard InChI is InChI=1S/C10H13ClO3S/c1-10(2,3)8-4-6-9(7-5-8)14-15(11,12)13/h4-7H,1-3H3. The lowest BCUT2D eigenvalue weighted by atomic mass is 9.87. The van der Waals surface area contributed by atoms with E-state index in [9.17, 15) is 8.42 Å². The summed E-state index contributed by atoms with van der Waals surface area (Å²) in [7, 11) is 0.994. The lowest BCUT2D eigenvalue weighted by Crippen LogP contribution is -2.10. The van der Waals surface area contributed by atoms with Crippen LogP contribution in [0.25, 0.3) is 0 Å². The van der Waals surface area contributed by atoms with Crippen molar-refractivity contribution in [2.45, 2.75) is 26.2 Å². The van der Waals surface area contributed by atoms with E-state index in [2.05, 4.69) is 25.0 Å². The van der Waals surface area contributed by atoms with Crippen molar-refractivity contribution in [3.63, 3.8) is 0 Å². The molecular formula is C10H13ClO3S. The number of hydrogen-bond acceptors (Lipinski definition) is 3. The summed E-state index contributed by atoms with van der Waals surface area (Å²) in [6.07, 6.45) is 0. The Balaban J connectivity index is 2.91. The maximum Gasteiger partial charge on any atom is 0.401 e. The predicted molar refractivity (Wildman–Crippen MR) is 60.5 cm³/mol. The molecule has 84 valence electrons. The molecule has 0 aliphatic carbocycles. The number of rotatable bonds is 2. The summed E-state index contributed by atoms with van der Waals surface area (Å²) in [6.45, 7) is 6.21. The molecule has 0 fully saturated rings. The van der Waals surface area contributed by atoms with Gasteiger partial charge >= 0.3 is 9.33 Å².